The van der Waals surface area contributed by atoms with E-state index in [0.29, 0.717) is 31.0 Å². The summed E-state index contributed by atoms with van der Waals surface area (Å²) in [6.07, 6.45) is 0.941. The highest BCUT2D eigenvalue weighted by molar-refractivity contribution is 7.08. The Balaban J connectivity index is 1.69. The van der Waals surface area contributed by atoms with Crippen LogP contribution in [0.1, 0.15) is 30.0 Å². The number of nitrogens with one attached hydrogen (secondary N) is 1. The number of benzene rings is 1. The number of piperidine rings is 1. The summed E-state index contributed by atoms with van der Waals surface area (Å²) >= 11 is 7.59. The lowest BCUT2D eigenvalue weighted by Crippen LogP contribution is -2.43. The molecule has 26 heavy (non-hydrogen) atoms. The van der Waals surface area contributed by atoms with Crippen LogP contribution in [-0.4, -0.2) is 37.1 Å². The molecule has 5 nitrogen and oxygen atoms in total. The van der Waals surface area contributed by atoms with Crippen molar-refractivity contribution in [1.29, 1.82) is 0 Å². The van der Waals surface area contributed by atoms with E-state index >= 15 is 0 Å². The number of nitrogens with zero attached hydrogens (tertiary/aromatic N) is 1. The molecule has 7 heteroatoms. The Morgan fingerprint density at radius 2 is 1.88 bits per heavy atom. The Kier molecular flexibility index (Phi) is 6.16. The summed E-state index contributed by atoms with van der Waals surface area (Å²) < 4.78 is 4.74. The van der Waals surface area contributed by atoms with Crippen LogP contribution in [0.5, 0.6) is 0 Å². The quantitative estimate of drug-likeness (QED) is 0.852. The van der Waals surface area contributed by atoms with Crippen molar-refractivity contribution in [3.8, 4) is 0 Å². The molecule has 1 fully saturated rings. The van der Waals surface area contributed by atoms with Crippen LogP contribution in [0, 0.1) is 5.92 Å². The zero-order valence-corrected chi connectivity index (χ0v) is 16.1. The molecule has 0 bridgehead atoms. The van der Waals surface area contributed by atoms with E-state index in [2.05, 4.69) is 5.32 Å². The molecule has 0 spiro atoms. The fourth-order valence-corrected chi connectivity index (χ4v) is 3.98. The SMILES string of the molecule is COC(=O)N1CCC(C(=O)NC(c2ccc(Cl)cc2)c2ccsc2)CC1. The minimum Gasteiger partial charge on any atom is -0.453 e. The van der Waals surface area contributed by atoms with Crippen molar-refractivity contribution < 1.29 is 14.3 Å². The van der Waals surface area contributed by atoms with Crippen LogP contribution >= 0.6 is 22.9 Å². The lowest BCUT2D eigenvalue weighted by Gasteiger charge is -2.31. The van der Waals surface area contributed by atoms with Gasteiger partial charge in [0.2, 0.25) is 5.91 Å². The second-order valence-corrected chi connectivity index (χ2v) is 7.50. The summed E-state index contributed by atoms with van der Waals surface area (Å²) in [6, 6.07) is 9.35. The van der Waals surface area contributed by atoms with Gasteiger partial charge in [-0.2, -0.15) is 11.3 Å². The van der Waals surface area contributed by atoms with Crippen LogP contribution in [0.3, 0.4) is 0 Å². The van der Waals surface area contributed by atoms with Gasteiger partial charge in [0.1, 0.15) is 0 Å². The Labute approximate surface area is 161 Å². The number of thiophene rings is 1. The van der Waals surface area contributed by atoms with Gasteiger partial charge >= 0.3 is 6.09 Å². The molecule has 1 N–H and O–H groups in total. The Morgan fingerprint density at radius 1 is 1.19 bits per heavy atom. The number of amides is 2. The first kappa shape index (κ1) is 18.7. The molecule has 0 saturated carbocycles. The predicted octanol–water partition coefficient (Wildman–Crippen LogP) is 4.09. The van der Waals surface area contributed by atoms with Crippen LogP contribution in [0.2, 0.25) is 5.02 Å². The van der Waals surface area contributed by atoms with Crippen LogP contribution in [0.4, 0.5) is 4.79 Å². The number of ether oxygens (including phenoxy) is 1. The van der Waals surface area contributed by atoms with Crippen molar-refractivity contribution in [3.63, 3.8) is 0 Å². The van der Waals surface area contributed by atoms with E-state index in [-0.39, 0.29) is 24.0 Å². The molecule has 1 aromatic heterocycles. The summed E-state index contributed by atoms with van der Waals surface area (Å²) in [5, 5.41) is 7.88. The summed E-state index contributed by atoms with van der Waals surface area (Å²) in [7, 11) is 1.37. The van der Waals surface area contributed by atoms with Gasteiger partial charge in [-0.25, -0.2) is 4.79 Å². The highest BCUT2D eigenvalue weighted by Gasteiger charge is 2.29. The Hall–Kier alpha value is -2.05. The molecule has 2 aromatic rings. The van der Waals surface area contributed by atoms with Crippen molar-refractivity contribution in [2.45, 2.75) is 18.9 Å². The number of carbonyl (C=O) groups excluding carboxylic acids is 2. The molecular formula is C19H21ClN2O3S. The zero-order valence-electron chi connectivity index (χ0n) is 14.5. The second-order valence-electron chi connectivity index (χ2n) is 6.28. The zero-order chi connectivity index (χ0) is 18.5. The number of rotatable bonds is 4. The van der Waals surface area contributed by atoms with Crippen LogP contribution < -0.4 is 5.32 Å². The molecule has 1 unspecified atom stereocenters. The molecule has 1 atom stereocenters. The van der Waals surface area contributed by atoms with E-state index in [1.807, 2.05) is 41.1 Å². The molecule has 1 aliphatic rings. The number of hydrogen-bond donors (Lipinski definition) is 1. The topological polar surface area (TPSA) is 58.6 Å². The molecule has 2 amide bonds. The minimum absolute atomic E-state index is 0.0145. The third-order valence-corrected chi connectivity index (χ3v) is 5.62. The third-order valence-electron chi connectivity index (χ3n) is 4.67. The largest absolute Gasteiger partial charge is 0.453 e. The first-order chi connectivity index (χ1) is 12.6. The number of halogens is 1. The first-order valence-corrected chi connectivity index (χ1v) is 9.81. The van der Waals surface area contributed by atoms with Crippen molar-refractivity contribution in [2.75, 3.05) is 20.2 Å². The van der Waals surface area contributed by atoms with Crippen molar-refractivity contribution >= 4 is 34.9 Å². The summed E-state index contributed by atoms with van der Waals surface area (Å²) in [6.45, 7) is 1.07. The van der Waals surface area contributed by atoms with E-state index in [4.69, 9.17) is 16.3 Å². The number of hydrogen-bond acceptors (Lipinski definition) is 4. The van der Waals surface area contributed by atoms with Crippen molar-refractivity contribution in [1.82, 2.24) is 10.2 Å². The standard InChI is InChI=1S/C19H21ClN2O3S/c1-25-19(24)22-9-6-14(7-10-22)18(23)21-17(15-8-11-26-12-15)13-2-4-16(20)5-3-13/h2-5,8,11-12,14,17H,6-7,9-10H2,1H3,(H,21,23). The average Bonchev–Trinajstić information content (AvgIpc) is 3.20. The lowest BCUT2D eigenvalue weighted by molar-refractivity contribution is -0.126. The van der Waals surface area contributed by atoms with Gasteiger partial charge in [0.25, 0.3) is 0 Å². The maximum Gasteiger partial charge on any atom is 0.409 e. The minimum atomic E-state index is -0.332. The van der Waals surface area contributed by atoms with E-state index in [9.17, 15) is 9.59 Å². The summed E-state index contributed by atoms with van der Waals surface area (Å²) in [5.41, 5.74) is 2.05. The second kappa shape index (κ2) is 8.56. The monoisotopic (exact) mass is 392 g/mol. The molecule has 2 heterocycles. The highest BCUT2D eigenvalue weighted by atomic mass is 35.5. The van der Waals surface area contributed by atoms with Gasteiger partial charge in [-0.15, -0.1) is 0 Å². The highest BCUT2D eigenvalue weighted by Crippen LogP contribution is 2.27. The van der Waals surface area contributed by atoms with Gasteiger partial charge in [-0.05, 0) is 52.9 Å². The van der Waals surface area contributed by atoms with E-state index in [1.54, 1.807) is 16.2 Å². The predicted molar refractivity (Wildman–Crippen MR) is 102 cm³/mol. The van der Waals surface area contributed by atoms with Crippen LogP contribution in [0.25, 0.3) is 0 Å². The maximum absolute atomic E-state index is 12.8. The van der Waals surface area contributed by atoms with Crippen LogP contribution in [0.15, 0.2) is 41.1 Å². The van der Waals surface area contributed by atoms with E-state index in [0.717, 1.165) is 11.1 Å². The lowest BCUT2D eigenvalue weighted by atomic mass is 9.94. The summed E-state index contributed by atoms with van der Waals surface area (Å²) in [4.78, 5) is 26.0. The van der Waals surface area contributed by atoms with Gasteiger partial charge in [0, 0.05) is 24.0 Å². The number of methoxy groups -OCH3 is 1. The fraction of sp³-hybridized carbons (Fsp3) is 0.368. The molecule has 0 aliphatic carbocycles. The first-order valence-electron chi connectivity index (χ1n) is 8.49. The third kappa shape index (κ3) is 4.37. The molecule has 138 valence electrons. The molecular weight excluding hydrogens is 372 g/mol. The van der Waals surface area contributed by atoms with Gasteiger partial charge in [-0.1, -0.05) is 23.7 Å². The molecule has 1 aromatic carbocycles. The van der Waals surface area contributed by atoms with Gasteiger partial charge in [0.15, 0.2) is 0 Å². The van der Waals surface area contributed by atoms with Gasteiger partial charge in [0.05, 0.1) is 13.2 Å². The smallest absolute Gasteiger partial charge is 0.409 e. The van der Waals surface area contributed by atoms with Crippen LogP contribution in [-0.2, 0) is 9.53 Å². The number of carbonyl (C=O) groups is 2. The fourth-order valence-electron chi connectivity index (χ4n) is 3.17. The normalized spacial score (nSPS) is 16.2. The Morgan fingerprint density at radius 3 is 2.46 bits per heavy atom. The average molecular weight is 393 g/mol. The molecule has 1 aliphatic heterocycles. The maximum atomic E-state index is 12.8. The van der Waals surface area contributed by atoms with E-state index in [1.165, 1.54) is 7.11 Å². The molecule has 0 radical (unpaired) electrons. The number of likely N-dealkylation sites (tertiary alicyclic amines) is 1. The van der Waals surface area contributed by atoms with Gasteiger partial charge in [-0.3, -0.25) is 4.79 Å². The Bertz CT molecular complexity index is 741. The van der Waals surface area contributed by atoms with E-state index < -0.39 is 0 Å². The molecule has 1 saturated heterocycles. The van der Waals surface area contributed by atoms with Gasteiger partial charge < -0.3 is 15.0 Å². The van der Waals surface area contributed by atoms with Crippen molar-refractivity contribution in [3.05, 3.63) is 57.2 Å². The molecule has 3 rings (SSSR count). The summed E-state index contributed by atoms with van der Waals surface area (Å²) in [5.74, 6) is -0.0926. The van der Waals surface area contributed by atoms with Crippen molar-refractivity contribution in [2.24, 2.45) is 5.92 Å².